The summed E-state index contributed by atoms with van der Waals surface area (Å²) in [6, 6.07) is 2.47. The Kier molecular flexibility index (Phi) is 7.23. The summed E-state index contributed by atoms with van der Waals surface area (Å²) in [4.78, 5) is 11.5. The van der Waals surface area contributed by atoms with Crippen molar-refractivity contribution in [3.05, 3.63) is 17.3 Å². The molecule has 0 radical (unpaired) electrons. The van der Waals surface area contributed by atoms with E-state index in [-0.39, 0.29) is 4.88 Å². The smallest absolute Gasteiger partial charge is 0.356 e. The zero-order valence-electron chi connectivity index (χ0n) is 15.7. The van der Waals surface area contributed by atoms with Crippen molar-refractivity contribution in [1.82, 2.24) is 15.3 Å². The Balaban J connectivity index is 2.10. The van der Waals surface area contributed by atoms with Crippen LogP contribution in [-0.2, 0) is 6.42 Å². The van der Waals surface area contributed by atoms with Crippen molar-refractivity contribution in [3.63, 3.8) is 0 Å². The summed E-state index contributed by atoms with van der Waals surface area (Å²) in [6.45, 7) is 10.0. The van der Waals surface area contributed by atoms with E-state index >= 15 is 0 Å². The van der Waals surface area contributed by atoms with Gasteiger partial charge < -0.3 is 10.2 Å². The van der Waals surface area contributed by atoms with Gasteiger partial charge in [-0.1, -0.05) is 13.8 Å². The van der Waals surface area contributed by atoms with Crippen LogP contribution >= 0.6 is 11.3 Å². The molecule has 1 unspecified atom stereocenters. The fraction of sp³-hybridized carbons (Fsp3) is 0.667. The van der Waals surface area contributed by atoms with Gasteiger partial charge in [-0.05, 0) is 32.8 Å². The van der Waals surface area contributed by atoms with Crippen molar-refractivity contribution in [2.24, 2.45) is 0 Å². The number of anilines is 1. The highest BCUT2D eigenvalue weighted by atomic mass is 32.1. The van der Waals surface area contributed by atoms with Gasteiger partial charge in [0.2, 0.25) is 0 Å². The topological polar surface area (TPSA) is 41.0 Å². The SMILES string of the molecule is CCN(CCCC(C)NC(C)C)c1ncnc2sc(CC(F)(F)F)cc12. The Labute approximate surface area is 156 Å². The molecule has 0 saturated heterocycles. The lowest BCUT2D eigenvalue weighted by Gasteiger charge is -2.24. The molecule has 1 N–H and O–H groups in total. The molecule has 2 heterocycles. The van der Waals surface area contributed by atoms with Crippen molar-refractivity contribution < 1.29 is 13.2 Å². The van der Waals surface area contributed by atoms with Crippen LogP contribution in [0.5, 0.6) is 0 Å². The molecule has 0 aliphatic rings. The van der Waals surface area contributed by atoms with E-state index < -0.39 is 12.6 Å². The van der Waals surface area contributed by atoms with Gasteiger partial charge in [-0.3, -0.25) is 0 Å². The molecule has 2 aromatic rings. The van der Waals surface area contributed by atoms with Gasteiger partial charge in [0, 0.05) is 30.1 Å². The second-order valence-electron chi connectivity index (χ2n) is 6.87. The quantitative estimate of drug-likeness (QED) is 0.671. The maximum Gasteiger partial charge on any atom is 0.393 e. The van der Waals surface area contributed by atoms with E-state index in [4.69, 9.17) is 0 Å². The lowest BCUT2D eigenvalue weighted by atomic mass is 10.1. The van der Waals surface area contributed by atoms with Crippen LogP contribution in [0.25, 0.3) is 10.2 Å². The summed E-state index contributed by atoms with van der Waals surface area (Å²) in [5.41, 5.74) is 0. The lowest BCUT2D eigenvalue weighted by Crippen LogP contribution is -2.33. The first-order valence-electron chi connectivity index (χ1n) is 9.00. The highest BCUT2D eigenvalue weighted by Gasteiger charge is 2.29. The Morgan fingerprint density at radius 3 is 2.58 bits per heavy atom. The molecule has 0 spiro atoms. The summed E-state index contributed by atoms with van der Waals surface area (Å²) in [5, 5.41) is 4.19. The van der Waals surface area contributed by atoms with E-state index in [1.807, 2.05) is 6.92 Å². The fourth-order valence-electron chi connectivity index (χ4n) is 3.08. The molecular formula is C18H27F3N4S. The number of alkyl halides is 3. The van der Waals surface area contributed by atoms with Crippen LogP contribution in [-0.4, -0.2) is 41.3 Å². The zero-order valence-corrected chi connectivity index (χ0v) is 16.5. The maximum absolute atomic E-state index is 12.7. The molecule has 0 bridgehead atoms. The minimum absolute atomic E-state index is 0.278. The molecule has 8 heteroatoms. The average molecular weight is 389 g/mol. The number of hydrogen-bond donors (Lipinski definition) is 1. The number of fused-ring (bicyclic) bond motifs is 1. The van der Waals surface area contributed by atoms with E-state index in [0.29, 0.717) is 22.3 Å². The number of thiophene rings is 1. The molecule has 1 atom stereocenters. The predicted octanol–water partition coefficient (Wildman–Crippen LogP) is 4.79. The Morgan fingerprint density at radius 2 is 1.96 bits per heavy atom. The maximum atomic E-state index is 12.7. The molecular weight excluding hydrogens is 361 g/mol. The first-order valence-corrected chi connectivity index (χ1v) is 9.82. The monoisotopic (exact) mass is 388 g/mol. The third-order valence-corrected chi connectivity index (χ3v) is 5.14. The second kappa shape index (κ2) is 8.99. The summed E-state index contributed by atoms with van der Waals surface area (Å²) >= 11 is 1.09. The Bertz CT molecular complexity index is 699. The largest absolute Gasteiger partial charge is 0.393 e. The van der Waals surface area contributed by atoms with Crippen molar-refractivity contribution in [3.8, 4) is 0 Å². The van der Waals surface area contributed by atoms with Gasteiger partial charge in [0.1, 0.15) is 17.0 Å². The highest BCUT2D eigenvalue weighted by Crippen LogP contribution is 2.33. The molecule has 2 aromatic heterocycles. The van der Waals surface area contributed by atoms with Crippen molar-refractivity contribution >= 4 is 27.4 Å². The van der Waals surface area contributed by atoms with Gasteiger partial charge in [0.15, 0.2) is 0 Å². The highest BCUT2D eigenvalue weighted by molar-refractivity contribution is 7.18. The van der Waals surface area contributed by atoms with Gasteiger partial charge in [-0.25, -0.2) is 9.97 Å². The molecule has 146 valence electrons. The third-order valence-electron chi connectivity index (χ3n) is 4.10. The van der Waals surface area contributed by atoms with Crippen molar-refractivity contribution in [2.45, 2.75) is 65.2 Å². The summed E-state index contributed by atoms with van der Waals surface area (Å²) in [6.07, 6.45) is -1.67. The summed E-state index contributed by atoms with van der Waals surface area (Å²) in [7, 11) is 0. The van der Waals surface area contributed by atoms with E-state index in [1.54, 1.807) is 6.07 Å². The Hall–Kier alpha value is -1.41. The molecule has 0 aromatic carbocycles. The van der Waals surface area contributed by atoms with Gasteiger partial charge in [-0.2, -0.15) is 13.2 Å². The lowest BCUT2D eigenvalue weighted by molar-refractivity contribution is -0.126. The molecule has 0 saturated carbocycles. The molecule has 4 nitrogen and oxygen atoms in total. The number of rotatable bonds is 9. The Morgan fingerprint density at radius 1 is 1.23 bits per heavy atom. The van der Waals surface area contributed by atoms with Crippen LogP contribution < -0.4 is 10.2 Å². The van der Waals surface area contributed by atoms with Gasteiger partial charge in [0.05, 0.1) is 11.8 Å². The van der Waals surface area contributed by atoms with Crippen molar-refractivity contribution in [1.29, 1.82) is 0 Å². The van der Waals surface area contributed by atoms with E-state index in [2.05, 4.69) is 41.0 Å². The standard InChI is InChI=1S/C18H27F3N4S/c1-5-25(8-6-7-13(4)24-12(2)3)16-15-9-14(10-18(19,20)21)26-17(15)23-11-22-16/h9,11-13,24H,5-8,10H2,1-4H3. The number of hydrogen-bond acceptors (Lipinski definition) is 5. The van der Waals surface area contributed by atoms with Crippen LogP contribution in [0.4, 0.5) is 19.0 Å². The van der Waals surface area contributed by atoms with Gasteiger partial charge in [0.25, 0.3) is 0 Å². The van der Waals surface area contributed by atoms with Crippen LogP contribution in [0.2, 0.25) is 0 Å². The number of nitrogens with one attached hydrogen (secondary N) is 1. The van der Waals surface area contributed by atoms with Crippen LogP contribution in [0.15, 0.2) is 12.4 Å². The number of nitrogens with zero attached hydrogens (tertiary/aromatic N) is 3. The first-order chi connectivity index (χ1) is 12.2. The normalized spacial score (nSPS) is 13.5. The van der Waals surface area contributed by atoms with Crippen LogP contribution in [0.3, 0.4) is 0 Å². The van der Waals surface area contributed by atoms with Crippen molar-refractivity contribution in [2.75, 3.05) is 18.0 Å². The summed E-state index contributed by atoms with van der Waals surface area (Å²) in [5.74, 6) is 0.728. The van der Waals surface area contributed by atoms with E-state index in [9.17, 15) is 13.2 Å². The zero-order chi connectivity index (χ0) is 19.3. The third kappa shape index (κ3) is 6.09. The fourth-order valence-corrected chi connectivity index (χ4v) is 4.11. The van der Waals surface area contributed by atoms with Crippen LogP contribution in [0, 0.1) is 0 Å². The van der Waals surface area contributed by atoms with Gasteiger partial charge in [-0.15, -0.1) is 11.3 Å². The number of aromatic nitrogens is 2. The van der Waals surface area contributed by atoms with Gasteiger partial charge >= 0.3 is 6.18 Å². The minimum Gasteiger partial charge on any atom is -0.356 e. The molecule has 0 aliphatic carbocycles. The average Bonchev–Trinajstić information content (AvgIpc) is 2.91. The van der Waals surface area contributed by atoms with E-state index in [1.165, 1.54) is 6.33 Å². The molecule has 0 aliphatic heterocycles. The predicted molar refractivity (Wildman–Crippen MR) is 102 cm³/mol. The van der Waals surface area contributed by atoms with E-state index in [0.717, 1.165) is 43.1 Å². The minimum atomic E-state index is -4.21. The molecule has 26 heavy (non-hydrogen) atoms. The first kappa shape index (κ1) is 20.9. The molecule has 0 amide bonds. The van der Waals surface area contributed by atoms with Crippen LogP contribution in [0.1, 0.15) is 45.4 Å². The molecule has 0 fully saturated rings. The second-order valence-corrected chi connectivity index (χ2v) is 7.98. The molecule has 2 rings (SSSR count). The summed E-state index contributed by atoms with van der Waals surface area (Å²) < 4.78 is 38.0. The number of halogens is 3.